The zero-order valence-electron chi connectivity index (χ0n) is 18.6. The van der Waals surface area contributed by atoms with Crippen LogP contribution in [-0.2, 0) is 13.0 Å². The van der Waals surface area contributed by atoms with Crippen molar-refractivity contribution in [2.45, 2.75) is 32.2 Å². The fourth-order valence-electron chi connectivity index (χ4n) is 3.69. The number of rotatable bonds is 5. The van der Waals surface area contributed by atoms with Crippen LogP contribution in [0.1, 0.15) is 34.1 Å². The zero-order valence-corrected chi connectivity index (χ0v) is 19.4. The molecule has 0 saturated carbocycles. The summed E-state index contributed by atoms with van der Waals surface area (Å²) in [6.45, 7) is 1.24. The molecule has 0 radical (unpaired) electrons. The molecule has 0 spiro atoms. The highest BCUT2D eigenvalue weighted by Crippen LogP contribution is 2.36. The van der Waals surface area contributed by atoms with Crippen LogP contribution < -0.4 is 9.47 Å². The molecule has 0 aliphatic carbocycles. The number of ether oxygens (including phenoxy) is 2. The molecule has 1 amide bonds. The number of pyridine rings is 1. The van der Waals surface area contributed by atoms with E-state index in [0.717, 1.165) is 18.2 Å². The Morgan fingerprint density at radius 2 is 2.06 bits per heavy atom. The van der Waals surface area contributed by atoms with Gasteiger partial charge in [0.25, 0.3) is 5.91 Å². The summed E-state index contributed by atoms with van der Waals surface area (Å²) in [7, 11) is 1.24. The van der Waals surface area contributed by atoms with E-state index in [1.165, 1.54) is 30.3 Å². The standard InChI is InChI=1S/C23H19ClF3N5O3/c1-13(23(25,26)27)35-18-5-3-14(9-28)21(34-2)20(18)22(33)31-8-7-17-15(11-31)12-32(30-17)19-6-4-16(24)10-29-19/h3-6,10,12-13H,7-8,11H2,1-2H3. The third-order valence-electron chi connectivity index (χ3n) is 5.51. The van der Waals surface area contributed by atoms with Gasteiger partial charge in [0, 0.05) is 37.5 Å². The number of benzene rings is 1. The molecule has 0 N–H and O–H groups in total. The fraction of sp³-hybridized carbons (Fsp3) is 0.304. The predicted molar refractivity (Wildman–Crippen MR) is 119 cm³/mol. The molecule has 8 nitrogen and oxygen atoms in total. The van der Waals surface area contributed by atoms with E-state index >= 15 is 0 Å². The lowest BCUT2D eigenvalue weighted by molar-refractivity contribution is -0.189. The van der Waals surface area contributed by atoms with Crippen molar-refractivity contribution in [2.24, 2.45) is 0 Å². The van der Waals surface area contributed by atoms with E-state index in [-0.39, 0.29) is 35.7 Å². The monoisotopic (exact) mass is 505 g/mol. The lowest BCUT2D eigenvalue weighted by Gasteiger charge is -2.28. The molecule has 1 aromatic carbocycles. The number of halogens is 4. The molecule has 1 atom stereocenters. The first-order valence-electron chi connectivity index (χ1n) is 10.5. The summed E-state index contributed by atoms with van der Waals surface area (Å²) >= 11 is 5.89. The van der Waals surface area contributed by atoms with Gasteiger partial charge in [0.1, 0.15) is 17.4 Å². The quantitative estimate of drug-likeness (QED) is 0.512. The number of carbonyl (C=O) groups is 1. The minimum atomic E-state index is -4.65. The van der Waals surface area contributed by atoms with Crippen molar-refractivity contribution in [3.05, 3.63) is 64.1 Å². The molecule has 12 heteroatoms. The predicted octanol–water partition coefficient (Wildman–Crippen LogP) is 4.33. The summed E-state index contributed by atoms with van der Waals surface area (Å²) in [6.07, 6.45) is -3.18. The molecule has 0 saturated heterocycles. The molecule has 1 unspecified atom stereocenters. The Morgan fingerprint density at radius 3 is 2.69 bits per heavy atom. The fourth-order valence-corrected chi connectivity index (χ4v) is 3.80. The van der Waals surface area contributed by atoms with Crippen LogP contribution in [-0.4, -0.2) is 51.5 Å². The maximum absolute atomic E-state index is 13.5. The van der Waals surface area contributed by atoms with Crippen LogP contribution in [0, 0.1) is 11.3 Å². The molecule has 4 rings (SSSR count). The van der Waals surface area contributed by atoms with Gasteiger partial charge in [-0.25, -0.2) is 9.67 Å². The Hall–Kier alpha value is -3.78. The van der Waals surface area contributed by atoms with Crippen molar-refractivity contribution in [3.8, 4) is 23.4 Å². The van der Waals surface area contributed by atoms with E-state index in [1.54, 1.807) is 23.0 Å². The molecule has 0 fully saturated rings. The molecule has 1 aliphatic rings. The molecular weight excluding hydrogens is 487 g/mol. The van der Waals surface area contributed by atoms with Crippen molar-refractivity contribution in [2.75, 3.05) is 13.7 Å². The molecule has 2 aromatic heterocycles. The topological polar surface area (TPSA) is 93.3 Å². The minimum Gasteiger partial charge on any atom is -0.494 e. The largest absolute Gasteiger partial charge is 0.494 e. The third-order valence-corrected chi connectivity index (χ3v) is 5.74. The van der Waals surface area contributed by atoms with Gasteiger partial charge >= 0.3 is 6.18 Å². The number of nitrogens with zero attached hydrogens (tertiary/aromatic N) is 5. The van der Waals surface area contributed by atoms with E-state index in [0.29, 0.717) is 17.3 Å². The first-order chi connectivity index (χ1) is 16.6. The van der Waals surface area contributed by atoms with Gasteiger partial charge in [0.05, 0.1) is 23.4 Å². The van der Waals surface area contributed by atoms with Gasteiger partial charge < -0.3 is 14.4 Å². The molecule has 1 aliphatic heterocycles. The van der Waals surface area contributed by atoms with Crippen LogP contribution in [0.5, 0.6) is 11.5 Å². The Bertz CT molecular complexity index is 1300. The Morgan fingerprint density at radius 1 is 1.29 bits per heavy atom. The second kappa shape index (κ2) is 9.46. The highest BCUT2D eigenvalue weighted by Gasteiger charge is 2.39. The smallest absolute Gasteiger partial charge is 0.425 e. The maximum Gasteiger partial charge on any atom is 0.425 e. The van der Waals surface area contributed by atoms with E-state index in [4.69, 9.17) is 21.1 Å². The average Bonchev–Trinajstić information content (AvgIpc) is 3.26. The number of hydrogen-bond acceptors (Lipinski definition) is 6. The normalized spacial score (nSPS) is 14.1. The summed E-state index contributed by atoms with van der Waals surface area (Å²) in [4.78, 5) is 19.2. The van der Waals surface area contributed by atoms with E-state index < -0.39 is 18.2 Å². The van der Waals surface area contributed by atoms with E-state index in [1.807, 2.05) is 6.07 Å². The molecule has 3 aromatic rings. The lowest BCUT2D eigenvalue weighted by Crippen LogP contribution is -2.37. The van der Waals surface area contributed by atoms with Crippen LogP contribution in [0.2, 0.25) is 5.02 Å². The summed E-state index contributed by atoms with van der Waals surface area (Å²) in [5.41, 5.74) is 1.29. The van der Waals surface area contributed by atoms with Crippen molar-refractivity contribution in [1.82, 2.24) is 19.7 Å². The summed E-state index contributed by atoms with van der Waals surface area (Å²) in [6, 6.07) is 7.71. The second-order valence-corrected chi connectivity index (χ2v) is 8.23. The summed E-state index contributed by atoms with van der Waals surface area (Å²) < 4.78 is 51.4. The van der Waals surface area contributed by atoms with Crippen LogP contribution in [0.25, 0.3) is 5.82 Å². The van der Waals surface area contributed by atoms with Gasteiger partial charge in [0.2, 0.25) is 0 Å². The van der Waals surface area contributed by atoms with Gasteiger partial charge in [0.15, 0.2) is 17.7 Å². The number of amides is 1. The molecular formula is C23H19ClF3N5O3. The van der Waals surface area contributed by atoms with E-state index in [2.05, 4.69) is 10.1 Å². The molecule has 0 bridgehead atoms. The van der Waals surface area contributed by atoms with Gasteiger partial charge in [-0.15, -0.1) is 0 Å². The third kappa shape index (κ3) is 4.88. The van der Waals surface area contributed by atoms with Crippen LogP contribution in [0.15, 0.2) is 36.7 Å². The van der Waals surface area contributed by atoms with Crippen molar-refractivity contribution >= 4 is 17.5 Å². The average molecular weight is 506 g/mol. The van der Waals surface area contributed by atoms with Crippen LogP contribution >= 0.6 is 11.6 Å². The summed E-state index contributed by atoms with van der Waals surface area (Å²) in [5.74, 6) is -0.535. The highest BCUT2D eigenvalue weighted by molar-refractivity contribution is 6.30. The number of carbonyl (C=O) groups excluding carboxylic acids is 1. The van der Waals surface area contributed by atoms with Gasteiger partial charge in [-0.1, -0.05) is 11.6 Å². The van der Waals surface area contributed by atoms with Crippen LogP contribution in [0.4, 0.5) is 13.2 Å². The first kappa shape index (κ1) is 24.3. The number of aromatic nitrogens is 3. The SMILES string of the molecule is COc1c(C#N)ccc(OC(C)C(F)(F)F)c1C(=O)N1CCc2nn(-c3ccc(Cl)cn3)cc2C1. The molecule has 3 heterocycles. The maximum atomic E-state index is 13.5. The van der Waals surface area contributed by atoms with Crippen molar-refractivity contribution < 1.29 is 27.4 Å². The zero-order chi connectivity index (χ0) is 25.3. The minimum absolute atomic E-state index is 0.00203. The first-order valence-corrected chi connectivity index (χ1v) is 10.8. The Balaban J connectivity index is 1.67. The van der Waals surface area contributed by atoms with Crippen molar-refractivity contribution in [1.29, 1.82) is 5.26 Å². The number of methoxy groups -OCH3 is 1. The number of alkyl halides is 3. The number of hydrogen-bond donors (Lipinski definition) is 0. The van der Waals surface area contributed by atoms with Crippen LogP contribution in [0.3, 0.4) is 0 Å². The van der Waals surface area contributed by atoms with E-state index in [9.17, 15) is 23.2 Å². The van der Waals surface area contributed by atoms with Gasteiger partial charge in [-0.2, -0.15) is 23.5 Å². The lowest BCUT2D eigenvalue weighted by atomic mass is 10.0. The second-order valence-electron chi connectivity index (χ2n) is 7.79. The van der Waals surface area contributed by atoms with Crippen molar-refractivity contribution in [3.63, 3.8) is 0 Å². The highest BCUT2D eigenvalue weighted by atomic mass is 35.5. The Kier molecular flexibility index (Phi) is 6.58. The number of fused-ring (bicyclic) bond motifs is 1. The summed E-state index contributed by atoms with van der Waals surface area (Å²) in [5, 5.41) is 14.4. The van der Waals surface area contributed by atoms with Gasteiger partial charge in [-0.3, -0.25) is 4.79 Å². The van der Waals surface area contributed by atoms with Gasteiger partial charge in [-0.05, 0) is 31.2 Å². The molecule has 182 valence electrons. The Labute approximate surface area is 203 Å². The molecule has 35 heavy (non-hydrogen) atoms. The number of nitriles is 1.